The lowest BCUT2D eigenvalue weighted by molar-refractivity contribution is -0.155. The van der Waals surface area contributed by atoms with Gasteiger partial charge in [0.2, 0.25) is 5.91 Å². The lowest BCUT2D eigenvalue weighted by Crippen LogP contribution is -2.35. The van der Waals surface area contributed by atoms with Gasteiger partial charge in [-0.15, -0.1) is 0 Å². The Hall–Kier alpha value is -2.04. The number of benzene rings is 1. The Morgan fingerprint density at radius 2 is 1.96 bits per heavy atom. The van der Waals surface area contributed by atoms with Gasteiger partial charge in [-0.05, 0) is 51.3 Å². The van der Waals surface area contributed by atoms with Crippen molar-refractivity contribution in [2.45, 2.75) is 58.6 Å². The first-order valence-electron chi connectivity index (χ1n) is 7.81. The van der Waals surface area contributed by atoms with Gasteiger partial charge >= 0.3 is 5.97 Å². The molecule has 0 saturated carbocycles. The Morgan fingerprint density at radius 3 is 2.52 bits per heavy atom. The fourth-order valence-electron chi connectivity index (χ4n) is 2.28. The van der Waals surface area contributed by atoms with E-state index in [0.29, 0.717) is 12.8 Å². The van der Waals surface area contributed by atoms with Gasteiger partial charge in [0.1, 0.15) is 11.4 Å². The van der Waals surface area contributed by atoms with E-state index in [-0.39, 0.29) is 24.3 Å². The van der Waals surface area contributed by atoms with Crippen molar-refractivity contribution < 1.29 is 19.1 Å². The second-order valence-electron chi connectivity index (χ2n) is 6.58. The molecule has 1 rings (SSSR count). The van der Waals surface area contributed by atoms with Crippen molar-refractivity contribution >= 4 is 11.9 Å². The molecule has 0 saturated heterocycles. The molecule has 1 amide bonds. The van der Waals surface area contributed by atoms with Crippen LogP contribution in [-0.2, 0) is 20.7 Å². The lowest BCUT2D eigenvalue weighted by Gasteiger charge is -2.21. The molecule has 0 aliphatic heterocycles. The Labute approximate surface area is 138 Å². The Balaban J connectivity index is 2.65. The summed E-state index contributed by atoms with van der Waals surface area (Å²) in [6.45, 7) is 7.00. The number of methoxy groups -OCH3 is 1. The van der Waals surface area contributed by atoms with Crippen molar-refractivity contribution in [3.63, 3.8) is 0 Å². The molecule has 128 valence electrons. The van der Waals surface area contributed by atoms with Gasteiger partial charge in [-0.2, -0.15) is 0 Å². The molecule has 0 heterocycles. The molecule has 0 spiro atoms. The zero-order valence-electron chi connectivity index (χ0n) is 14.6. The van der Waals surface area contributed by atoms with E-state index in [4.69, 9.17) is 9.47 Å². The highest BCUT2D eigenvalue weighted by molar-refractivity contribution is 5.73. The van der Waals surface area contributed by atoms with Crippen molar-refractivity contribution in [2.75, 3.05) is 7.11 Å². The standard InChI is InChI=1S/C18H27NO4/c1-13(20)19-15(9-10-17(21)23-18(2,3)4)11-14-7-6-8-16(12-14)22-5/h6-8,12,15H,9-11H2,1-5H3,(H,19,20). The number of nitrogens with one attached hydrogen (secondary N) is 1. The highest BCUT2D eigenvalue weighted by Crippen LogP contribution is 2.16. The Morgan fingerprint density at radius 1 is 1.26 bits per heavy atom. The van der Waals surface area contributed by atoms with E-state index in [2.05, 4.69) is 5.32 Å². The molecule has 0 aliphatic rings. The number of hydrogen-bond acceptors (Lipinski definition) is 4. The minimum atomic E-state index is -0.493. The predicted molar refractivity (Wildman–Crippen MR) is 89.4 cm³/mol. The van der Waals surface area contributed by atoms with Gasteiger partial charge in [0, 0.05) is 19.4 Å². The van der Waals surface area contributed by atoms with Gasteiger partial charge in [-0.3, -0.25) is 9.59 Å². The van der Waals surface area contributed by atoms with Crippen LogP contribution in [0, 0.1) is 0 Å². The lowest BCUT2D eigenvalue weighted by atomic mass is 10.0. The topological polar surface area (TPSA) is 64.6 Å². The van der Waals surface area contributed by atoms with Gasteiger partial charge in [-0.25, -0.2) is 0 Å². The van der Waals surface area contributed by atoms with Crippen LogP contribution in [0.4, 0.5) is 0 Å². The maximum absolute atomic E-state index is 11.8. The average molecular weight is 321 g/mol. The summed E-state index contributed by atoms with van der Waals surface area (Å²) in [4.78, 5) is 23.2. The molecule has 23 heavy (non-hydrogen) atoms. The van der Waals surface area contributed by atoms with E-state index in [9.17, 15) is 9.59 Å². The zero-order chi connectivity index (χ0) is 17.5. The van der Waals surface area contributed by atoms with E-state index in [1.54, 1.807) is 7.11 Å². The second-order valence-corrected chi connectivity index (χ2v) is 6.58. The normalized spacial score (nSPS) is 12.4. The highest BCUT2D eigenvalue weighted by Gasteiger charge is 2.19. The third kappa shape index (κ3) is 8.24. The predicted octanol–water partition coefficient (Wildman–Crippen LogP) is 2.86. The number of hydrogen-bond donors (Lipinski definition) is 1. The molecule has 1 aromatic carbocycles. The quantitative estimate of drug-likeness (QED) is 0.784. The molecule has 0 bridgehead atoms. The largest absolute Gasteiger partial charge is 0.497 e. The van der Waals surface area contributed by atoms with Crippen molar-refractivity contribution in [2.24, 2.45) is 0 Å². The third-order valence-corrected chi connectivity index (χ3v) is 3.14. The Bertz CT molecular complexity index is 534. The van der Waals surface area contributed by atoms with Crippen LogP contribution in [0.25, 0.3) is 0 Å². The summed E-state index contributed by atoms with van der Waals surface area (Å²) in [6, 6.07) is 7.57. The molecule has 1 aromatic rings. The van der Waals surface area contributed by atoms with Crippen LogP contribution in [0.3, 0.4) is 0 Å². The van der Waals surface area contributed by atoms with Crippen LogP contribution < -0.4 is 10.1 Å². The van der Waals surface area contributed by atoms with Crippen LogP contribution >= 0.6 is 0 Å². The van der Waals surface area contributed by atoms with Crippen LogP contribution in [0.5, 0.6) is 5.75 Å². The number of carbonyl (C=O) groups is 2. The zero-order valence-corrected chi connectivity index (χ0v) is 14.6. The fourth-order valence-corrected chi connectivity index (χ4v) is 2.28. The first-order valence-corrected chi connectivity index (χ1v) is 7.81. The smallest absolute Gasteiger partial charge is 0.306 e. The molecular formula is C18H27NO4. The summed E-state index contributed by atoms with van der Waals surface area (Å²) in [7, 11) is 1.62. The summed E-state index contributed by atoms with van der Waals surface area (Å²) in [5.74, 6) is 0.414. The second kappa shape index (κ2) is 8.56. The molecule has 0 fully saturated rings. The third-order valence-electron chi connectivity index (χ3n) is 3.14. The summed E-state index contributed by atoms with van der Waals surface area (Å²) in [6.07, 6.45) is 1.44. The van der Waals surface area contributed by atoms with Crippen LogP contribution in [0.15, 0.2) is 24.3 Å². The van der Waals surface area contributed by atoms with Gasteiger partial charge < -0.3 is 14.8 Å². The fraction of sp³-hybridized carbons (Fsp3) is 0.556. The van der Waals surface area contributed by atoms with Crippen molar-refractivity contribution in [3.05, 3.63) is 29.8 Å². The van der Waals surface area contributed by atoms with E-state index >= 15 is 0 Å². The van der Waals surface area contributed by atoms with Gasteiger partial charge in [0.15, 0.2) is 0 Å². The maximum Gasteiger partial charge on any atom is 0.306 e. The first kappa shape index (κ1) is 19.0. The summed E-state index contributed by atoms with van der Waals surface area (Å²) in [5.41, 5.74) is 0.556. The van der Waals surface area contributed by atoms with Gasteiger partial charge in [0.05, 0.1) is 7.11 Å². The highest BCUT2D eigenvalue weighted by atomic mass is 16.6. The monoisotopic (exact) mass is 321 g/mol. The number of carbonyl (C=O) groups excluding carboxylic acids is 2. The maximum atomic E-state index is 11.8. The molecule has 0 aromatic heterocycles. The molecule has 1 atom stereocenters. The van der Waals surface area contributed by atoms with E-state index < -0.39 is 5.60 Å². The molecule has 1 N–H and O–H groups in total. The molecule has 1 unspecified atom stereocenters. The summed E-state index contributed by atoms with van der Waals surface area (Å²) >= 11 is 0. The van der Waals surface area contributed by atoms with E-state index in [1.807, 2.05) is 45.0 Å². The number of esters is 1. The van der Waals surface area contributed by atoms with E-state index in [0.717, 1.165) is 11.3 Å². The van der Waals surface area contributed by atoms with Gasteiger partial charge in [0.25, 0.3) is 0 Å². The molecule has 0 aliphatic carbocycles. The summed E-state index contributed by atoms with van der Waals surface area (Å²) < 4.78 is 10.5. The van der Waals surface area contributed by atoms with Crippen LogP contribution in [0.2, 0.25) is 0 Å². The van der Waals surface area contributed by atoms with E-state index in [1.165, 1.54) is 6.92 Å². The molecule has 5 nitrogen and oxygen atoms in total. The number of amides is 1. The minimum absolute atomic E-state index is 0.109. The van der Waals surface area contributed by atoms with Crippen LogP contribution in [0.1, 0.15) is 46.1 Å². The van der Waals surface area contributed by atoms with Crippen LogP contribution in [-0.4, -0.2) is 30.6 Å². The van der Waals surface area contributed by atoms with Gasteiger partial charge in [-0.1, -0.05) is 12.1 Å². The molecular weight excluding hydrogens is 294 g/mol. The summed E-state index contributed by atoms with van der Waals surface area (Å²) in [5, 5.41) is 2.90. The molecule has 0 radical (unpaired) electrons. The van der Waals surface area contributed by atoms with Crippen molar-refractivity contribution in [3.8, 4) is 5.75 Å². The first-order chi connectivity index (χ1) is 10.7. The molecule has 5 heteroatoms. The Kier molecular flexibility index (Phi) is 7.07. The average Bonchev–Trinajstić information content (AvgIpc) is 2.42. The number of ether oxygens (including phenoxy) is 2. The SMILES string of the molecule is COc1cccc(CC(CCC(=O)OC(C)(C)C)NC(C)=O)c1. The number of rotatable bonds is 7. The minimum Gasteiger partial charge on any atom is -0.497 e. The van der Waals surface area contributed by atoms with Crippen molar-refractivity contribution in [1.29, 1.82) is 0 Å². The van der Waals surface area contributed by atoms with Crippen molar-refractivity contribution in [1.82, 2.24) is 5.32 Å².